The van der Waals surface area contributed by atoms with Gasteiger partial charge >= 0.3 is 0 Å². The zero-order valence-corrected chi connectivity index (χ0v) is 11.9. The van der Waals surface area contributed by atoms with Crippen LogP contribution in [0, 0.1) is 5.82 Å². The average Bonchev–Trinajstić information content (AvgIpc) is 2.42. The Morgan fingerprint density at radius 2 is 1.70 bits per heavy atom. The van der Waals surface area contributed by atoms with Crippen molar-refractivity contribution in [3.05, 3.63) is 63.9 Å². The quantitative estimate of drug-likeness (QED) is 0.821. The van der Waals surface area contributed by atoms with Gasteiger partial charge in [0.1, 0.15) is 18.2 Å². The van der Waals surface area contributed by atoms with E-state index in [0.29, 0.717) is 15.8 Å². The van der Waals surface area contributed by atoms with Gasteiger partial charge in [-0.25, -0.2) is 4.39 Å². The predicted molar refractivity (Wildman–Crippen MR) is 77.1 cm³/mol. The van der Waals surface area contributed by atoms with Crippen molar-refractivity contribution in [3.8, 4) is 5.75 Å². The Kier molecular flexibility index (Phi) is 4.99. The van der Waals surface area contributed by atoms with E-state index >= 15 is 0 Å². The number of ether oxygens (including phenoxy) is 1. The van der Waals surface area contributed by atoms with Gasteiger partial charge in [-0.15, -0.1) is 0 Å². The van der Waals surface area contributed by atoms with Gasteiger partial charge in [0.05, 0.1) is 0 Å². The number of hydrogen-bond acceptors (Lipinski definition) is 2. The molecule has 0 saturated heterocycles. The van der Waals surface area contributed by atoms with E-state index in [0.717, 1.165) is 0 Å². The van der Waals surface area contributed by atoms with E-state index in [1.807, 2.05) is 0 Å². The number of carbonyl (C=O) groups excluding carboxylic acids is 1. The molecule has 0 aliphatic heterocycles. The number of ketones is 1. The third-order valence-corrected chi connectivity index (χ3v) is 3.10. The highest BCUT2D eigenvalue weighted by Gasteiger charge is 2.10. The van der Waals surface area contributed by atoms with Crippen LogP contribution in [0.25, 0.3) is 0 Å². The summed E-state index contributed by atoms with van der Waals surface area (Å²) in [5.74, 6) is -0.148. The molecule has 2 aromatic carbocycles. The first-order chi connectivity index (χ1) is 9.54. The molecule has 0 atom stereocenters. The van der Waals surface area contributed by atoms with Gasteiger partial charge in [0.25, 0.3) is 0 Å². The van der Waals surface area contributed by atoms with Crippen LogP contribution in [0.2, 0.25) is 10.0 Å². The molecule has 0 aliphatic rings. The molecule has 2 nitrogen and oxygen atoms in total. The lowest BCUT2D eigenvalue weighted by atomic mass is 10.1. The SMILES string of the molecule is O=C(COc1ccc(Cl)cc1)Cc1cc(Cl)ccc1F. The van der Waals surface area contributed by atoms with Crippen LogP contribution in [0.15, 0.2) is 42.5 Å². The molecule has 104 valence electrons. The maximum absolute atomic E-state index is 13.5. The monoisotopic (exact) mass is 312 g/mol. The Morgan fingerprint density at radius 1 is 1.05 bits per heavy atom. The summed E-state index contributed by atoms with van der Waals surface area (Å²) in [5.41, 5.74) is 0.266. The second kappa shape index (κ2) is 6.73. The van der Waals surface area contributed by atoms with E-state index in [1.165, 1.54) is 18.2 Å². The van der Waals surface area contributed by atoms with Crippen molar-refractivity contribution < 1.29 is 13.9 Å². The molecule has 5 heteroatoms. The smallest absolute Gasteiger partial charge is 0.174 e. The van der Waals surface area contributed by atoms with E-state index in [2.05, 4.69) is 0 Å². The van der Waals surface area contributed by atoms with Gasteiger partial charge in [-0.1, -0.05) is 23.2 Å². The molecule has 0 unspecified atom stereocenters. The summed E-state index contributed by atoms with van der Waals surface area (Å²) in [7, 11) is 0. The molecule has 2 aromatic rings. The topological polar surface area (TPSA) is 26.3 Å². The first-order valence-corrected chi connectivity index (χ1v) is 6.64. The molecular weight excluding hydrogens is 302 g/mol. The highest BCUT2D eigenvalue weighted by atomic mass is 35.5. The summed E-state index contributed by atoms with van der Waals surface area (Å²) >= 11 is 11.5. The van der Waals surface area contributed by atoms with Crippen LogP contribution in [0.1, 0.15) is 5.56 Å². The summed E-state index contributed by atoms with van der Waals surface area (Å²) in [6, 6.07) is 10.8. The van der Waals surface area contributed by atoms with Crippen molar-refractivity contribution in [1.82, 2.24) is 0 Å². The summed E-state index contributed by atoms with van der Waals surface area (Å²) in [5, 5.41) is 0.984. The van der Waals surface area contributed by atoms with Crippen molar-refractivity contribution >= 4 is 29.0 Å². The Bertz CT molecular complexity index is 612. The summed E-state index contributed by atoms with van der Waals surface area (Å²) in [6.45, 7) is -0.131. The number of rotatable bonds is 5. The van der Waals surface area contributed by atoms with Gasteiger partial charge in [0.2, 0.25) is 0 Å². The molecule has 20 heavy (non-hydrogen) atoms. The number of hydrogen-bond donors (Lipinski definition) is 0. The zero-order chi connectivity index (χ0) is 14.5. The molecule has 0 saturated carbocycles. The second-order valence-corrected chi connectivity index (χ2v) is 5.07. The largest absolute Gasteiger partial charge is 0.486 e. The van der Waals surface area contributed by atoms with Crippen LogP contribution in [0.4, 0.5) is 4.39 Å². The van der Waals surface area contributed by atoms with Crippen LogP contribution >= 0.6 is 23.2 Å². The normalized spacial score (nSPS) is 10.3. The maximum Gasteiger partial charge on any atom is 0.174 e. The van der Waals surface area contributed by atoms with Crippen molar-refractivity contribution in [2.24, 2.45) is 0 Å². The van der Waals surface area contributed by atoms with Gasteiger partial charge in [-0.3, -0.25) is 4.79 Å². The van der Waals surface area contributed by atoms with Crippen LogP contribution < -0.4 is 4.74 Å². The van der Waals surface area contributed by atoms with Gasteiger partial charge in [-0.2, -0.15) is 0 Å². The van der Waals surface area contributed by atoms with Crippen LogP contribution in [-0.4, -0.2) is 12.4 Å². The highest BCUT2D eigenvalue weighted by molar-refractivity contribution is 6.30. The van der Waals surface area contributed by atoms with Gasteiger partial charge in [0, 0.05) is 16.5 Å². The molecule has 0 spiro atoms. The second-order valence-electron chi connectivity index (χ2n) is 4.19. The molecule has 0 heterocycles. The standard InChI is InChI=1S/C15H11Cl2FO2/c16-11-1-4-14(5-2-11)20-9-13(19)8-10-7-12(17)3-6-15(10)18/h1-7H,8-9H2. The van der Waals surface area contributed by atoms with Gasteiger partial charge in [-0.05, 0) is 48.0 Å². The molecule has 0 amide bonds. The Balaban J connectivity index is 1.92. The molecule has 0 radical (unpaired) electrons. The van der Waals surface area contributed by atoms with Crippen molar-refractivity contribution in [1.29, 1.82) is 0 Å². The third kappa shape index (κ3) is 4.22. The van der Waals surface area contributed by atoms with Gasteiger partial charge < -0.3 is 4.74 Å². The third-order valence-electron chi connectivity index (χ3n) is 2.61. The number of benzene rings is 2. The fraction of sp³-hybridized carbons (Fsp3) is 0.133. The Hall–Kier alpha value is -1.58. The Labute approximate surface area is 126 Å². The molecule has 0 N–H and O–H groups in total. The molecule has 0 aromatic heterocycles. The number of halogens is 3. The van der Waals surface area contributed by atoms with Crippen LogP contribution in [-0.2, 0) is 11.2 Å². The summed E-state index contributed by atoms with van der Waals surface area (Å²) in [4.78, 5) is 11.8. The van der Waals surface area contributed by atoms with Crippen molar-refractivity contribution in [2.75, 3.05) is 6.61 Å². The molecule has 0 aliphatic carbocycles. The summed E-state index contributed by atoms with van der Waals surface area (Å²) in [6.07, 6.45) is -0.0556. The molecule has 2 rings (SSSR count). The minimum Gasteiger partial charge on any atom is -0.486 e. The van der Waals surface area contributed by atoms with Crippen LogP contribution in [0.3, 0.4) is 0 Å². The van der Waals surface area contributed by atoms with E-state index in [-0.39, 0.29) is 24.4 Å². The number of Topliss-reactive ketones (excluding diaryl/α,β-unsaturated/α-hetero) is 1. The lowest BCUT2D eigenvalue weighted by Gasteiger charge is -2.06. The minimum atomic E-state index is -0.450. The van der Waals surface area contributed by atoms with Crippen molar-refractivity contribution in [2.45, 2.75) is 6.42 Å². The van der Waals surface area contributed by atoms with E-state index < -0.39 is 5.82 Å². The lowest BCUT2D eigenvalue weighted by molar-refractivity contribution is -0.120. The fourth-order valence-electron chi connectivity index (χ4n) is 1.64. The molecule has 0 bridgehead atoms. The average molecular weight is 313 g/mol. The zero-order valence-electron chi connectivity index (χ0n) is 10.4. The lowest BCUT2D eigenvalue weighted by Crippen LogP contribution is -2.14. The maximum atomic E-state index is 13.5. The van der Waals surface area contributed by atoms with E-state index in [4.69, 9.17) is 27.9 Å². The highest BCUT2D eigenvalue weighted by Crippen LogP contribution is 2.17. The molecular formula is C15H11Cl2FO2. The fourth-order valence-corrected chi connectivity index (χ4v) is 1.96. The van der Waals surface area contributed by atoms with Crippen molar-refractivity contribution in [3.63, 3.8) is 0 Å². The minimum absolute atomic E-state index is 0.0556. The predicted octanol–water partition coefficient (Wildman–Crippen LogP) is 4.32. The first kappa shape index (κ1) is 14.8. The number of carbonyl (C=O) groups is 1. The van der Waals surface area contributed by atoms with E-state index in [9.17, 15) is 9.18 Å². The first-order valence-electron chi connectivity index (χ1n) is 5.88. The summed E-state index contributed by atoms with van der Waals surface area (Å²) < 4.78 is 18.8. The van der Waals surface area contributed by atoms with Gasteiger partial charge in [0.15, 0.2) is 5.78 Å². The Morgan fingerprint density at radius 3 is 2.40 bits per heavy atom. The molecule has 0 fully saturated rings. The van der Waals surface area contributed by atoms with Crippen LogP contribution in [0.5, 0.6) is 5.75 Å². The van der Waals surface area contributed by atoms with E-state index in [1.54, 1.807) is 24.3 Å².